The van der Waals surface area contributed by atoms with Crippen LogP contribution >= 0.6 is 34.7 Å². The van der Waals surface area contributed by atoms with Gasteiger partial charge >= 0.3 is 0 Å². The lowest BCUT2D eigenvalue weighted by atomic mass is 10.2. The van der Waals surface area contributed by atoms with Gasteiger partial charge in [0.15, 0.2) is 5.13 Å². The fourth-order valence-corrected chi connectivity index (χ4v) is 6.18. The molecule has 0 radical (unpaired) electrons. The Hall–Kier alpha value is -2.35. The van der Waals surface area contributed by atoms with Crippen molar-refractivity contribution in [2.75, 3.05) is 17.2 Å². The topological polar surface area (TPSA) is 51.0 Å². The summed E-state index contributed by atoms with van der Waals surface area (Å²) in [6.07, 6.45) is 1.29. The highest BCUT2D eigenvalue weighted by atomic mass is 35.5. The van der Waals surface area contributed by atoms with Gasteiger partial charge in [0.05, 0.1) is 22.5 Å². The highest BCUT2D eigenvalue weighted by Gasteiger charge is 2.21. The van der Waals surface area contributed by atoms with Crippen LogP contribution in [0.15, 0.2) is 47.4 Å². The average Bonchev–Trinajstić information content (AvgIpc) is 3.35. The average molecular weight is 513 g/mol. The first-order valence-corrected chi connectivity index (χ1v) is 13.6. The van der Waals surface area contributed by atoms with E-state index in [9.17, 15) is 4.79 Å². The molecule has 0 aliphatic carbocycles. The zero-order valence-electron chi connectivity index (χ0n) is 20.0. The molecule has 178 valence electrons. The molecular formula is C26H29ClN4OS2. The van der Waals surface area contributed by atoms with Gasteiger partial charge in [0, 0.05) is 28.6 Å². The number of nitrogens with zero attached hydrogens (tertiary/aromatic N) is 4. The number of carbonyl (C=O) groups excluding carboxylic acids is 1. The minimum atomic E-state index is 0.0915. The second kappa shape index (κ2) is 10.9. The van der Waals surface area contributed by atoms with Crippen LogP contribution in [0.1, 0.15) is 35.4 Å². The predicted octanol–water partition coefficient (Wildman–Crippen LogP) is 6.99. The molecule has 5 nitrogen and oxygen atoms in total. The SMILES string of the molecule is Cc1ccc(SCCCC(=O)N(CCn2nc(C)cc2C)c2nc3c(C)cc(Cl)cc3s2)cc1. The highest BCUT2D eigenvalue weighted by Crippen LogP contribution is 2.33. The molecule has 0 aliphatic rings. The number of fused-ring (bicyclic) bond motifs is 1. The van der Waals surface area contributed by atoms with Crippen LogP contribution < -0.4 is 4.90 Å². The summed E-state index contributed by atoms with van der Waals surface area (Å²) in [5.41, 5.74) is 5.25. The van der Waals surface area contributed by atoms with Gasteiger partial charge in [-0.25, -0.2) is 4.98 Å². The molecule has 0 bridgehead atoms. The largest absolute Gasteiger partial charge is 0.286 e. The molecule has 1 amide bonds. The van der Waals surface area contributed by atoms with Gasteiger partial charge < -0.3 is 0 Å². The lowest BCUT2D eigenvalue weighted by molar-refractivity contribution is -0.118. The van der Waals surface area contributed by atoms with E-state index in [1.165, 1.54) is 21.8 Å². The first-order chi connectivity index (χ1) is 16.3. The van der Waals surface area contributed by atoms with Crippen molar-refractivity contribution in [1.29, 1.82) is 0 Å². The van der Waals surface area contributed by atoms with Gasteiger partial charge in [-0.15, -0.1) is 11.8 Å². The number of amides is 1. The number of carbonyl (C=O) groups is 1. The lowest BCUT2D eigenvalue weighted by Crippen LogP contribution is -2.34. The van der Waals surface area contributed by atoms with E-state index in [-0.39, 0.29) is 5.91 Å². The summed E-state index contributed by atoms with van der Waals surface area (Å²) in [7, 11) is 0. The van der Waals surface area contributed by atoms with Crippen molar-refractivity contribution in [3.63, 3.8) is 0 Å². The molecule has 0 aliphatic heterocycles. The maximum absolute atomic E-state index is 13.4. The van der Waals surface area contributed by atoms with Gasteiger partial charge in [-0.1, -0.05) is 40.6 Å². The Morgan fingerprint density at radius 2 is 1.88 bits per heavy atom. The zero-order chi connectivity index (χ0) is 24.2. The molecule has 0 N–H and O–H groups in total. The number of rotatable bonds is 9. The normalized spacial score (nSPS) is 11.3. The van der Waals surface area contributed by atoms with E-state index in [4.69, 9.17) is 16.6 Å². The maximum Gasteiger partial charge on any atom is 0.228 e. The summed E-state index contributed by atoms with van der Waals surface area (Å²) in [6, 6.07) is 14.4. The van der Waals surface area contributed by atoms with Crippen molar-refractivity contribution in [3.05, 3.63) is 70.0 Å². The Labute approximate surface area is 214 Å². The molecule has 4 rings (SSSR count). The van der Waals surface area contributed by atoms with Crippen molar-refractivity contribution in [2.45, 2.75) is 52.0 Å². The number of thioether (sulfide) groups is 1. The number of hydrogen-bond donors (Lipinski definition) is 0. The second-order valence-corrected chi connectivity index (χ2v) is 11.1. The number of aromatic nitrogens is 3. The number of thiazole rings is 1. The fraction of sp³-hybridized carbons (Fsp3) is 0.346. The van der Waals surface area contributed by atoms with Crippen LogP contribution in [0.5, 0.6) is 0 Å². The van der Waals surface area contributed by atoms with Crippen LogP contribution in [-0.4, -0.2) is 33.0 Å². The minimum Gasteiger partial charge on any atom is -0.286 e. The van der Waals surface area contributed by atoms with Crippen molar-refractivity contribution < 1.29 is 4.79 Å². The summed E-state index contributed by atoms with van der Waals surface area (Å²) < 4.78 is 2.96. The maximum atomic E-state index is 13.4. The van der Waals surface area contributed by atoms with Crippen LogP contribution in [0.3, 0.4) is 0 Å². The van der Waals surface area contributed by atoms with Gasteiger partial charge in [0.2, 0.25) is 5.91 Å². The summed E-state index contributed by atoms with van der Waals surface area (Å²) in [5.74, 6) is 0.989. The van der Waals surface area contributed by atoms with Crippen LogP contribution in [0, 0.1) is 27.7 Å². The molecule has 2 heterocycles. The third-order valence-electron chi connectivity index (χ3n) is 5.63. The summed E-state index contributed by atoms with van der Waals surface area (Å²) in [6.45, 7) is 9.26. The van der Waals surface area contributed by atoms with Gasteiger partial charge in [0.1, 0.15) is 0 Å². The standard InChI is InChI=1S/C26H29ClN4OS2/c1-17-7-9-22(10-8-17)33-13-5-6-24(32)30(11-12-31-20(4)15-19(3)29-31)26-28-25-18(2)14-21(27)16-23(25)34-26/h7-10,14-16H,5-6,11-13H2,1-4H3. The van der Waals surface area contributed by atoms with E-state index in [1.807, 2.05) is 42.5 Å². The quantitative estimate of drug-likeness (QED) is 0.179. The number of halogens is 1. The van der Waals surface area contributed by atoms with Crippen molar-refractivity contribution in [2.24, 2.45) is 0 Å². The van der Waals surface area contributed by atoms with Crippen LogP contribution in [0.4, 0.5) is 5.13 Å². The number of anilines is 1. The van der Waals surface area contributed by atoms with Crippen LogP contribution in [0.25, 0.3) is 10.2 Å². The smallest absolute Gasteiger partial charge is 0.228 e. The molecule has 2 aromatic carbocycles. The molecule has 0 atom stereocenters. The Kier molecular flexibility index (Phi) is 7.96. The second-order valence-electron chi connectivity index (χ2n) is 8.53. The van der Waals surface area contributed by atoms with Crippen LogP contribution in [0.2, 0.25) is 5.02 Å². The van der Waals surface area contributed by atoms with Gasteiger partial charge in [-0.05, 0) is 75.8 Å². The minimum absolute atomic E-state index is 0.0915. The Morgan fingerprint density at radius 3 is 2.59 bits per heavy atom. The molecule has 0 fully saturated rings. The zero-order valence-corrected chi connectivity index (χ0v) is 22.4. The van der Waals surface area contributed by atoms with Crippen LogP contribution in [-0.2, 0) is 11.3 Å². The van der Waals surface area contributed by atoms with E-state index < -0.39 is 0 Å². The van der Waals surface area contributed by atoms with E-state index in [2.05, 4.69) is 42.4 Å². The summed E-state index contributed by atoms with van der Waals surface area (Å²) >= 11 is 9.57. The number of hydrogen-bond acceptors (Lipinski definition) is 5. The molecule has 34 heavy (non-hydrogen) atoms. The van der Waals surface area contributed by atoms with Crippen molar-refractivity contribution in [3.8, 4) is 0 Å². The van der Waals surface area contributed by atoms with Crippen molar-refractivity contribution >= 4 is 56.0 Å². The first kappa shape index (κ1) is 24.8. The molecular weight excluding hydrogens is 484 g/mol. The predicted molar refractivity (Wildman–Crippen MR) is 145 cm³/mol. The summed E-state index contributed by atoms with van der Waals surface area (Å²) in [4.78, 5) is 21.3. The molecule has 0 saturated heterocycles. The highest BCUT2D eigenvalue weighted by molar-refractivity contribution is 7.99. The Balaban J connectivity index is 1.48. The molecule has 0 saturated carbocycles. The molecule has 0 spiro atoms. The van der Waals surface area contributed by atoms with Gasteiger partial charge in [0.25, 0.3) is 0 Å². The molecule has 0 unspecified atom stereocenters. The van der Waals surface area contributed by atoms with E-state index in [1.54, 1.807) is 11.8 Å². The lowest BCUT2D eigenvalue weighted by Gasteiger charge is -2.20. The van der Waals surface area contributed by atoms with E-state index >= 15 is 0 Å². The summed E-state index contributed by atoms with van der Waals surface area (Å²) in [5, 5.41) is 5.97. The third kappa shape index (κ3) is 6.01. The van der Waals surface area contributed by atoms with E-state index in [0.717, 1.165) is 44.5 Å². The third-order valence-corrected chi connectivity index (χ3v) is 7.98. The number of benzene rings is 2. The molecule has 4 aromatic rings. The van der Waals surface area contributed by atoms with Gasteiger partial charge in [-0.3, -0.25) is 14.4 Å². The Morgan fingerprint density at radius 1 is 1.12 bits per heavy atom. The fourth-order valence-electron chi connectivity index (χ4n) is 3.86. The Bertz CT molecular complexity index is 1300. The van der Waals surface area contributed by atoms with Crippen molar-refractivity contribution in [1.82, 2.24) is 14.8 Å². The first-order valence-electron chi connectivity index (χ1n) is 11.4. The molecule has 2 aromatic heterocycles. The van der Waals surface area contributed by atoms with Gasteiger partial charge in [-0.2, -0.15) is 5.10 Å². The molecule has 8 heteroatoms. The van der Waals surface area contributed by atoms with E-state index in [0.29, 0.717) is 24.5 Å². The number of aryl methyl sites for hydroxylation is 4. The monoisotopic (exact) mass is 512 g/mol.